The van der Waals surface area contributed by atoms with Gasteiger partial charge in [-0.1, -0.05) is 42.5 Å². The maximum Gasteiger partial charge on any atom is 0.200 e. The average molecular weight is 931 g/mol. The first kappa shape index (κ1) is 46.3. The van der Waals surface area contributed by atoms with Crippen molar-refractivity contribution in [2.45, 2.75) is 11.4 Å². The SMILES string of the molecule is Fc1c(F)c(F)c([B-](c2c(F)c(F)c(F)c(F)c2F)(c2c(F)c(F)c(F)c(F)c2F)c2c(F)c(F)c(F)c(F)c2F)c(F)c1F.Sc1cccc2cc[n+](Cc3ccccc3)cc12. The van der Waals surface area contributed by atoms with E-state index in [1.807, 2.05) is 18.2 Å². The summed E-state index contributed by atoms with van der Waals surface area (Å²) in [6, 6.07) is 18.8. The molecule has 0 unspecified atom stereocenters. The van der Waals surface area contributed by atoms with Crippen LogP contribution in [0.1, 0.15) is 5.56 Å². The molecule has 0 N–H and O–H groups in total. The van der Waals surface area contributed by atoms with Gasteiger partial charge in [-0.15, -0.1) is 34.5 Å². The minimum Gasteiger partial charge on any atom is -0.207 e. The third kappa shape index (κ3) is 7.28. The molecule has 7 rings (SSSR count). The van der Waals surface area contributed by atoms with Crippen LogP contribution in [0.15, 0.2) is 71.9 Å². The monoisotopic (exact) mass is 931 g/mol. The van der Waals surface area contributed by atoms with Crippen LogP contribution in [0.2, 0.25) is 0 Å². The maximum atomic E-state index is 15.4. The number of benzene rings is 6. The Bertz CT molecular complexity index is 2620. The molecule has 1 nitrogen and oxygen atoms in total. The van der Waals surface area contributed by atoms with E-state index in [2.05, 4.69) is 66.0 Å². The van der Waals surface area contributed by atoms with Gasteiger partial charge in [-0.25, -0.2) is 92.4 Å². The van der Waals surface area contributed by atoms with E-state index in [1.165, 1.54) is 16.3 Å². The lowest BCUT2D eigenvalue weighted by molar-refractivity contribution is -0.687. The van der Waals surface area contributed by atoms with Crippen LogP contribution in [0, 0.1) is 116 Å². The highest BCUT2D eigenvalue weighted by molar-refractivity contribution is 7.80. The minimum absolute atomic E-state index is 0.888. The number of nitrogens with zero attached hydrogens (tertiary/aromatic N) is 1. The van der Waals surface area contributed by atoms with Gasteiger partial charge in [-0.2, -0.15) is 0 Å². The topological polar surface area (TPSA) is 3.88 Å². The molecule has 0 aliphatic rings. The number of aromatic nitrogens is 1. The lowest BCUT2D eigenvalue weighted by Gasteiger charge is -2.44. The zero-order valence-corrected chi connectivity index (χ0v) is 31.0. The van der Waals surface area contributed by atoms with Crippen molar-refractivity contribution in [2.75, 3.05) is 0 Å². The smallest absolute Gasteiger partial charge is 0.200 e. The largest absolute Gasteiger partial charge is 0.207 e. The summed E-state index contributed by atoms with van der Waals surface area (Å²) in [5.41, 5.74) is -13.0. The van der Waals surface area contributed by atoms with E-state index in [0.29, 0.717) is 0 Å². The van der Waals surface area contributed by atoms with Crippen LogP contribution >= 0.6 is 12.6 Å². The summed E-state index contributed by atoms with van der Waals surface area (Å²) in [7, 11) is 0. The first-order chi connectivity index (χ1) is 29.5. The molecule has 0 saturated heterocycles. The van der Waals surface area contributed by atoms with E-state index < -0.39 is 144 Å². The van der Waals surface area contributed by atoms with E-state index in [-0.39, 0.29) is 0 Å². The van der Waals surface area contributed by atoms with Gasteiger partial charge in [0.2, 0.25) is 0 Å². The molecule has 0 aliphatic heterocycles. The number of hydrogen-bond donors (Lipinski definition) is 1. The molecule has 0 radical (unpaired) electrons. The molecular weight excluding hydrogens is 917 g/mol. The fraction of sp³-hybridized carbons (Fsp3) is 0.0250. The van der Waals surface area contributed by atoms with Crippen LogP contribution < -0.4 is 26.4 Å². The van der Waals surface area contributed by atoms with E-state index in [0.717, 1.165) is 11.4 Å². The first-order valence-electron chi connectivity index (χ1n) is 16.9. The maximum absolute atomic E-state index is 15.4. The summed E-state index contributed by atoms with van der Waals surface area (Å²) in [5, 5.41) is 2.42. The average Bonchev–Trinajstić information content (AvgIpc) is 3.27. The van der Waals surface area contributed by atoms with Crippen molar-refractivity contribution >= 4 is 51.4 Å². The molecule has 0 fully saturated rings. The summed E-state index contributed by atoms with van der Waals surface area (Å²) in [4.78, 5) is 1.02. The van der Waals surface area contributed by atoms with Gasteiger partial charge in [-0.3, -0.25) is 0 Å². The van der Waals surface area contributed by atoms with Crippen molar-refractivity contribution in [3.8, 4) is 0 Å². The molecule has 0 bridgehead atoms. The van der Waals surface area contributed by atoms with Gasteiger partial charge in [0, 0.05) is 16.5 Å². The molecule has 1 heterocycles. The standard InChI is InChI=1S/C24BF20.C16H13NS/c26-5-1(6(27)14(35)21(42)13(5)34)25(2-7(28)15(36)22(43)16(37)8(2)29,3-9(30)17(38)23(44)18(39)10(3)31)4-11(32)19(40)24(45)20(41)12(4)33;18-16-8-4-7-14-9-10-17(12-15(14)16)11-13-5-2-1-3-6-13/h;1-10,12H,11H2/q-1;/p+1. The van der Waals surface area contributed by atoms with E-state index in [4.69, 9.17) is 0 Å². The Hall–Kier alpha value is -6.26. The highest BCUT2D eigenvalue weighted by Crippen LogP contribution is 2.31. The van der Waals surface area contributed by atoms with Gasteiger partial charge in [0.15, 0.2) is 88.7 Å². The summed E-state index contributed by atoms with van der Waals surface area (Å²) < 4.78 is 296. The number of thiol groups is 1. The number of halogens is 20. The van der Waals surface area contributed by atoms with Crippen LogP contribution in [0.3, 0.4) is 0 Å². The Balaban J connectivity index is 0.000000302. The summed E-state index contributed by atoms with van der Waals surface area (Å²) in [6.45, 7) is 0.888. The molecule has 6 aromatic carbocycles. The molecule has 0 amide bonds. The van der Waals surface area contributed by atoms with Crippen LogP contribution in [-0.4, -0.2) is 6.15 Å². The zero-order valence-electron chi connectivity index (χ0n) is 30.1. The van der Waals surface area contributed by atoms with Crippen LogP contribution in [0.25, 0.3) is 10.8 Å². The molecule has 63 heavy (non-hydrogen) atoms. The number of pyridine rings is 1. The van der Waals surface area contributed by atoms with Gasteiger partial charge in [0.1, 0.15) is 52.7 Å². The molecular formula is C40H14BF20NS. The predicted octanol–water partition coefficient (Wildman–Crippen LogP) is 9.31. The van der Waals surface area contributed by atoms with Gasteiger partial charge >= 0.3 is 0 Å². The fourth-order valence-corrected chi connectivity index (χ4v) is 7.28. The quantitative estimate of drug-likeness (QED) is 0.0424. The lowest BCUT2D eigenvalue weighted by Crippen LogP contribution is -2.81. The third-order valence-corrected chi connectivity index (χ3v) is 10.2. The Kier molecular flexibility index (Phi) is 12.6. The normalized spacial score (nSPS) is 11.6. The summed E-state index contributed by atoms with van der Waals surface area (Å²) in [5.74, 6) is -71.4. The highest BCUT2D eigenvalue weighted by Gasteiger charge is 2.52. The Labute approximate surface area is 343 Å². The molecule has 0 spiro atoms. The fourth-order valence-electron chi connectivity index (χ4n) is 7.01. The third-order valence-electron chi connectivity index (χ3n) is 9.77. The molecule has 23 heteroatoms. The van der Waals surface area contributed by atoms with Crippen molar-refractivity contribution in [3.63, 3.8) is 0 Å². The van der Waals surface area contributed by atoms with Crippen molar-refractivity contribution in [3.05, 3.63) is 189 Å². The second kappa shape index (κ2) is 17.1. The molecule has 1 aromatic heterocycles. The highest BCUT2D eigenvalue weighted by atomic mass is 32.1. The Morgan fingerprint density at radius 3 is 0.968 bits per heavy atom. The second-order valence-electron chi connectivity index (χ2n) is 13.2. The first-order valence-corrected chi connectivity index (χ1v) is 17.4. The van der Waals surface area contributed by atoms with E-state index in [9.17, 15) is 52.7 Å². The van der Waals surface area contributed by atoms with Gasteiger partial charge in [0.05, 0.1) is 5.39 Å². The second-order valence-corrected chi connectivity index (χ2v) is 13.7. The molecule has 328 valence electrons. The number of fused-ring (bicyclic) bond motifs is 1. The van der Waals surface area contributed by atoms with Crippen molar-refractivity contribution < 1.29 is 92.4 Å². The van der Waals surface area contributed by atoms with Crippen molar-refractivity contribution in [1.29, 1.82) is 0 Å². The van der Waals surface area contributed by atoms with E-state index >= 15 is 35.1 Å². The molecule has 0 atom stereocenters. The molecule has 0 aliphatic carbocycles. The Morgan fingerprint density at radius 2 is 0.651 bits per heavy atom. The van der Waals surface area contributed by atoms with Crippen molar-refractivity contribution in [2.24, 2.45) is 0 Å². The summed E-state index contributed by atoms with van der Waals surface area (Å²) >= 11 is 4.51. The number of hydrogen-bond acceptors (Lipinski definition) is 1. The van der Waals surface area contributed by atoms with E-state index in [1.54, 1.807) is 0 Å². The lowest BCUT2D eigenvalue weighted by atomic mass is 9.12. The van der Waals surface area contributed by atoms with Gasteiger partial charge in [-0.05, 0) is 11.5 Å². The zero-order chi connectivity index (χ0) is 46.7. The molecule has 0 saturated carbocycles. The molecule has 7 aromatic rings. The predicted molar refractivity (Wildman–Crippen MR) is 186 cm³/mol. The summed E-state index contributed by atoms with van der Waals surface area (Å²) in [6.07, 6.45) is -2.95. The van der Waals surface area contributed by atoms with Crippen LogP contribution in [0.4, 0.5) is 87.8 Å². The minimum atomic E-state index is -7.22. The van der Waals surface area contributed by atoms with Crippen molar-refractivity contribution in [1.82, 2.24) is 0 Å². The van der Waals surface area contributed by atoms with Crippen LogP contribution in [-0.2, 0) is 6.54 Å². The van der Waals surface area contributed by atoms with Gasteiger partial charge in [0.25, 0.3) is 0 Å². The Morgan fingerprint density at radius 1 is 0.349 bits per heavy atom. The van der Waals surface area contributed by atoms with Crippen LogP contribution in [0.5, 0.6) is 0 Å². The number of rotatable bonds is 6. The van der Waals surface area contributed by atoms with Gasteiger partial charge < -0.3 is 0 Å².